The molecule has 0 N–H and O–H groups in total. The van der Waals surface area contributed by atoms with Crippen LogP contribution in [0, 0.1) is 5.82 Å². The van der Waals surface area contributed by atoms with Crippen molar-refractivity contribution in [3.63, 3.8) is 0 Å². The van der Waals surface area contributed by atoms with E-state index >= 15 is 0 Å². The molecular formula is C25H27FN4O. The number of aromatic nitrogens is 2. The van der Waals surface area contributed by atoms with Crippen molar-refractivity contribution in [2.75, 3.05) is 26.2 Å². The Morgan fingerprint density at radius 3 is 2.77 bits per heavy atom. The van der Waals surface area contributed by atoms with Crippen LogP contribution in [-0.4, -0.2) is 58.1 Å². The molecule has 2 saturated heterocycles. The molecule has 160 valence electrons. The van der Waals surface area contributed by atoms with Crippen LogP contribution in [0.5, 0.6) is 0 Å². The van der Waals surface area contributed by atoms with Crippen molar-refractivity contribution < 1.29 is 9.18 Å². The van der Waals surface area contributed by atoms with Crippen molar-refractivity contribution in [3.05, 3.63) is 71.3 Å². The predicted octanol–water partition coefficient (Wildman–Crippen LogP) is 4.06. The number of nitrogens with zero attached hydrogens (tertiary/aromatic N) is 4. The molecule has 1 aromatic heterocycles. The topological polar surface area (TPSA) is 49.3 Å². The summed E-state index contributed by atoms with van der Waals surface area (Å²) < 4.78 is 14.6. The number of benzene rings is 2. The fourth-order valence-corrected chi connectivity index (χ4v) is 4.94. The summed E-state index contributed by atoms with van der Waals surface area (Å²) in [6.45, 7) is 3.61. The molecule has 3 heterocycles. The van der Waals surface area contributed by atoms with E-state index in [0.29, 0.717) is 25.6 Å². The summed E-state index contributed by atoms with van der Waals surface area (Å²) >= 11 is 0. The van der Waals surface area contributed by atoms with E-state index < -0.39 is 5.82 Å². The number of hydrogen-bond donors (Lipinski definition) is 0. The minimum absolute atomic E-state index is 0.157. The van der Waals surface area contributed by atoms with Gasteiger partial charge in [-0.2, -0.15) is 10.2 Å². The summed E-state index contributed by atoms with van der Waals surface area (Å²) in [6.07, 6.45) is 6.98. The lowest BCUT2D eigenvalue weighted by Crippen LogP contribution is -2.41. The molecule has 0 spiro atoms. The Hall–Kier alpha value is -2.86. The monoisotopic (exact) mass is 418 g/mol. The second-order valence-corrected chi connectivity index (χ2v) is 8.66. The number of rotatable bonds is 4. The fraction of sp³-hybridized carbons (Fsp3) is 0.400. The van der Waals surface area contributed by atoms with Gasteiger partial charge in [-0.3, -0.25) is 9.69 Å². The number of hydrogen-bond acceptors (Lipinski definition) is 4. The number of halogens is 1. The Morgan fingerprint density at radius 2 is 1.90 bits per heavy atom. The van der Waals surface area contributed by atoms with Crippen LogP contribution in [0.2, 0.25) is 0 Å². The van der Waals surface area contributed by atoms with E-state index in [1.54, 1.807) is 18.3 Å². The maximum absolute atomic E-state index is 14.6. The molecule has 1 atom stereocenters. The minimum atomic E-state index is -0.459. The van der Waals surface area contributed by atoms with Crippen molar-refractivity contribution >= 4 is 16.7 Å². The van der Waals surface area contributed by atoms with Crippen molar-refractivity contribution in [2.45, 2.75) is 38.1 Å². The molecule has 5 rings (SSSR count). The van der Waals surface area contributed by atoms with Gasteiger partial charge in [0.15, 0.2) is 0 Å². The number of fused-ring (bicyclic) bond motifs is 1. The summed E-state index contributed by atoms with van der Waals surface area (Å²) in [5.74, 6) is -0.665. The van der Waals surface area contributed by atoms with E-state index in [1.165, 1.54) is 25.3 Å². The number of amides is 1. The highest BCUT2D eigenvalue weighted by Crippen LogP contribution is 2.24. The SMILES string of the molecule is O=C(c1cc(Cc2nncc3ccccc23)ccc1F)N1CCC(N2CCCCC2)C1. The third kappa shape index (κ3) is 4.17. The molecule has 1 unspecified atom stereocenters. The average molecular weight is 419 g/mol. The maximum atomic E-state index is 14.6. The zero-order valence-corrected chi connectivity index (χ0v) is 17.6. The smallest absolute Gasteiger partial charge is 0.256 e. The van der Waals surface area contributed by atoms with Crippen molar-refractivity contribution in [3.8, 4) is 0 Å². The number of likely N-dealkylation sites (tertiary alicyclic amines) is 2. The van der Waals surface area contributed by atoms with Gasteiger partial charge in [-0.1, -0.05) is 36.8 Å². The van der Waals surface area contributed by atoms with E-state index in [-0.39, 0.29) is 11.5 Å². The second-order valence-electron chi connectivity index (χ2n) is 8.66. The van der Waals surface area contributed by atoms with Crippen LogP contribution >= 0.6 is 0 Å². The van der Waals surface area contributed by atoms with Crippen LogP contribution in [0.3, 0.4) is 0 Å². The van der Waals surface area contributed by atoms with Crippen molar-refractivity contribution in [2.24, 2.45) is 0 Å². The van der Waals surface area contributed by atoms with E-state index in [9.17, 15) is 9.18 Å². The number of carbonyl (C=O) groups is 1. The third-order valence-corrected chi connectivity index (χ3v) is 6.64. The molecule has 0 saturated carbocycles. The van der Waals surface area contributed by atoms with Crippen molar-refractivity contribution in [1.29, 1.82) is 0 Å². The first kappa shape index (κ1) is 20.1. The Labute approximate surface area is 181 Å². The summed E-state index contributed by atoms with van der Waals surface area (Å²) in [5.41, 5.74) is 1.85. The Morgan fingerprint density at radius 1 is 1.06 bits per heavy atom. The molecule has 0 bridgehead atoms. The lowest BCUT2D eigenvalue weighted by Gasteiger charge is -2.32. The van der Waals surface area contributed by atoms with E-state index in [1.807, 2.05) is 29.2 Å². The summed E-state index contributed by atoms with van der Waals surface area (Å²) in [5, 5.41) is 10.4. The van der Waals surface area contributed by atoms with Gasteiger partial charge in [0.2, 0.25) is 0 Å². The van der Waals surface area contributed by atoms with Gasteiger partial charge in [-0.05, 0) is 50.0 Å². The van der Waals surface area contributed by atoms with E-state index in [2.05, 4.69) is 15.1 Å². The van der Waals surface area contributed by atoms with Crippen LogP contribution in [0.25, 0.3) is 10.8 Å². The molecule has 6 heteroatoms. The average Bonchev–Trinajstić information content (AvgIpc) is 3.31. The minimum Gasteiger partial charge on any atom is -0.337 e. The van der Waals surface area contributed by atoms with Crippen LogP contribution in [0.4, 0.5) is 4.39 Å². The standard InChI is InChI=1S/C25H27FN4O/c26-23-9-8-18(15-24-21-7-3-2-6-19(21)16-27-28-24)14-22(23)25(31)30-13-10-20(17-30)29-11-4-1-5-12-29/h2-3,6-9,14,16,20H,1,4-5,10-13,15,17H2. The zero-order valence-electron chi connectivity index (χ0n) is 17.6. The largest absolute Gasteiger partial charge is 0.337 e. The van der Waals surface area contributed by atoms with Crippen LogP contribution in [-0.2, 0) is 6.42 Å². The first-order valence-corrected chi connectivity index (χ1v) is 11.2. The summed E-state index contributed by atoms with van der Waals surface area (Å²) in [7, 11) is 0. The number of piperidine rings is 1. The molecule has 0 radical (unpaired) electrons. The zero-order chi connectivity index (χ0) is 21.2. The highest BCUT2D eigenvalue weighted by atomic mass is 19.1. The summed E-state index contributed by atoms with van der Waals surface area (Å²) in [6, 6.07) is 13.2. The van der Waals surface area contributed by atoms with E-state index in [4.69, 9.17) is 0 Å². The third-order valence-electron chi connectivity index (χ3n) is 6.64. The fourth-order valence-electron chi connectivity index (χ4n) is 4.94. The molecule has 31 heavy (non-hydrogen) atoms. The first-order chi connectivity index (χ1) is 15.2. The normalized spacial score (nSPS) is 19.8. The number of carbonyl (C=O) groups excluding carboxylic acids is 1. The van der Waals surface area contributed by atoms with Crippen molar-refractivity contribution in [1.82, 2.24) is 20.0 Å². The van der Waals surface area contributed by atoms with Gasteiger partial charge in [-0.15, -0.1) is 0 Å². The van der Waals surface area contributed by atoms with Gasteiger partial charge < -0.3 is 4.90 Å². The highest BCUT2D eigenvalue weighted by Gasteiger charge is 2.32. The molecule has 3 aromatic rings. The Balaban J connectivity index is 1.34. The first-order valence-electron chi connectivity index (χ1n) is 11.2. The molecule has 2 aromatic carbocycles. The van der Waals surface area contributed by atoms with Gasteiger partial charge in [0, 0.05) is 36.3 Å². The molecule has 5 nitrogen and oxygen atoms in total. The lowest BCUT2D eigenvalue weighted by molar-refractivity contribution is 0.0767. The molecule has 2 aliphatic heterocycles. The van der Waals surface area contributed by atoms with Crippen LogP contribution < -0.4 is 0 Å². The quantitative estimate of drug-likeness (QED) is 0.641. The molecular weight excluding hydrogens is 391 g/mol. The molecule has 0 aliphatic carbocycles. The second kappa shape index (κ2) is 8.71. The Bertz CT molecular complexity index is 1090. The molecule has 2 fully saturated rings. The summed E-state index contributed by atoms with van der Waals surface area (Å²) in [4.78, 5) is 17.5. The van der Waals surface area contributed by atoms with Gasteiger partial charge in [0.05, 0.1) is 17.5 Å². The van der Waals surface area contributed by atoms with Gasteiger partial charge in [0.25, 0.3) is 5.91 Å². The highest BCUT2D eigenvalue weighted by molar-refractivity contribution is 5.95. The molecule has 1 amide bonds. The maximum Gasteiger partial charge on any atom is 0.256 e. The molecule has 2 aliphatic rings. The van der Waals surface area contributed by atoms with Gasteiger partial charge >= 0.3 is 0 Å². The van der Waals surface area contributed by atoms with Crippen LogP contribution in [0.15, 0.2) is 48.7 Å². The van der Waals surface area contributed by atoms with E-state index in [0.717, 1.165) is 41.5 Å². The van der Waals surface area contributed by atoms with Gasteiger partial charge in [0.1, 0.15) is 5.82 Å². The lowest BCUT2D eigenvalue weighted by atomic mass is 10.0. The van der Waals surface area contributed by atoms with Gasteiger partial charge in [-0.25, -0.2) is 4.39 Å². The Kier molecular flexibility index (Phi) is 5.64. The predicted molar refractivity (Wildman–Crippen MR) is 118 cm³/mol. The van der Waals surface area contributed by atoms with Crippen LogP contribution in [0.1, 0.15) is 47.3 Å².